The quantitative estimate of drug-likeness (QED) is 0.403. The number of fused-ring (bicyclic) bond motifs is 1. The van der Waals surface area contributed by atoms with Crippen molar-refractivity contribution < 1.29 is 14.3 Å². The molecule has 5 rings (SSSR count). The molecule has 0 spiro atoms. The van der Waals surface area contributed by atoms with Gasteiger partial charge >= 0.3 is 0 Å². The predicted octanol–water partition coefficient (Wildman–Crippen LogP) is 4.99. The van der Waals surface area contributed by atoms with E-state index in [9.17, 15) is 4.79 Å². The average molecular weight is 479 g/mol. The summed E-state index contributed by atoms with van der Waals surface area (Å²) in [7, 11) is 3.35. The van der Waals surface area contributed by atoms with Gasteiger partial charge in [0.25, 0.3) is 5.91 Å². The zero-order valence-electron chi connectivity index (χ0n) is 20.1. The molecule has 1 unspecified atom stereocenters. The maximum absolute atomic E-state index is 12.8. The van der Waals surface area contributed by atoms with E-state index >= 15 is 0 Å². The molecule has 1 N–H and O–H groups in total. The molecule has 0 bridgehead atoms. The van der Waals surface area contributed by atoms with E-state index in [-0.39, 0.29) is 12.0 Å². The number of hydrogen-bond acceptors (Lipinski definition) is 6. The molecule has 1 aliphatic carbocycles. The lowest BCUT2D eigenvalue weighted by molar-refractivity contribution is 0.0951. The molecular formula is C29H26N4O3. The lowest BCUT2D eigenvalue weighted by Gasteiger charge is -2.17. The Hall–Kier alpha value is -4.36. The van der Waals surface area contributed by atoms with Crippen LogP contribution < -0.4 is 10.1 Å². The number of hydrogen-bond donors (Lipinski definition) is 1. The lowest BCUT2D eigenvalue weighted by atomic mass is 9.98. The van der Waals surface area contributed by atoms with Crippen molar-refractivity contribution in [2.75, 3.05) is 14.2 Å². The van der Waals surface area contributed by atoms with E-state index in [1.54, 1.807) is 38.7 Å². The number of amides is 1. The van der Waals surface area contributed by atoms with E-state index in [4.69, 9.17) is 19.4 Å². The van der Waals surface area contributed by atoms with Crippen molar-refractivity contribution in [1.82, 2.24) is 20.3 Å². The topological polar surface area (TPSA) is 86.2 Å². The average Bonchev–Trinajstić information content (AvgIpc) is 2.95. The van der Waals surface area contributed by atoms with Crippen LogP contribution in [0.25, 0.3) is 27.9 Å². The van der Waals surface area contributed by atoms with Crippen molar-refractivity contribution in [3.63, 3.8) is 0 Å². The van der Waals surface area contributed by atoms with Crippen LogP contribution >= 0.6 is 0 Å². The van der Waals surface area contributed by atoms with Gasteiger partial charge in [0.05, 0.1) is 35.6 Å². The van der Waals surface area contributed by atoms with Crippen molar-refractivity contribution in [2.45, 2.75) is 19.1 Å². The fraction of sp³-hybridized carbons (Fsp3) is 0.172. The highest BCUT2D eigenvalue weighted by atomic mass is 16.5. The summed E-state index contributed by atoms with van der Waals surface area (Å²) in [6, 6.07) is 16.9. The third-order valence-corrected chi connectivity index (χ3v) is 6.10. The molecule has 7 nitrogen and oxygen atoms in total. The number of aromatic nitrogens is 3. The normalized spacial score (nSPS) is 14.9. The molecule has 0 radical (unpaired) electrons. The SMILES string of the molecule is COc1ccc(-c2nc3ccc(C(=O)NCc4cccnc4)cc3nc2C2=CCC(OC)C=C2)cc1. The van der Waals surface area contributed by atoms with Crippen LogP contribution in [-0.4, -0.2) is 41.2 Å². The second kappa shape index (κ2) is 10.5. The number of rotatable bonds is 7. The van der Waals surface area contributed by atoms with Crippen LogP contribution in [0.15, 0.2) is 85.2 Å². The molecule has 0 saturated carbocycles. The number of ether oxygens (including phenoxy) is 2. The van der Waals surface area contributed by atoms with Crippen molar-refractivity contribution in [1.29, 1.82) is 0 Å². The third kappa shape index (κ3) is 5.01. The molecule has 36 heavy (non-hydrogen) atoms. The van der Waals surface area contributed by atoms with Crippen LogP contribution in [0.5, 0.6) is 5.75 Å². The number of nitrogens with one attached hydrogen (secondary N) is 1. The smallest absolute Gasteiger partial charge is 0.251 e. The molecule has 0 fully saturated rings. The lowest BCUT2D eigenvalue weighted by Crippen LogP contribution is -2.22. The molecule has 1 atom stereocenters. The monoisotopic (exact) mass is 478 g/mol. The summed E-state index contributed by atoms with van der Waals surface area (Å²) >= 11 is 0. The highest BCUT2D eigenvalue weighted by Gasteiger charge is 2.18. The van der Waals surface area contributed by atoms with E-state index in [2.05, 4.69) is 16.4 Å². The fourth-order valence-corrected chi connectivity index (χ4v) is 4.09. The van der Waals surface area contributed by atoms with E-state index in [1.165, 1.54) is 0 Å². The molecular weight excluding hydrogens is 452 g/mol. The molecule has 2 heterocycles. The van der Waals surface area contributed by atoms with Gasteiger partial charge in [0, 0.05) is 37.2 Å². The summed E-state index contributed by atoms with van der Waals surface area (Å²) in [6.45, 7) is 0.399. The Morgan fingerprint density at radius 1 is 1.03 bits per heavy atom. The van der Waals surface area contributed by atoms with Gasteiger partial charge < -0.3 is 14.8 Å². The van der Waals surface area contributed by atoms with Crippen LogP contribution in [0.1, 0.15) is 28.0 Å². The number of nitrogens with zero attached hydrogens (tertiary/aromatic N) is 3. The fourth-order valence-electron chi connectivity index (χ4n) is 4.09. The molecule has 2 aromatic carbocycles. The first-order valence-corrected chi connectivity index (χ1v) is 11.7. The summed E-state index contributed by atoms with van der Waals surface area (Å²) in [4.78, 5) is 26.9. The zero-order valence-corrected chi connectivity index (χ0v) is 20.1. The Labute approximate surface area is 209 Å². The van der Waals surface area contributed by atoms with Crippen molar-refractivity contribution in [2.24, 2.45) is 0 Å². The summed E-state index contributed by atoms with van der Waals surface area (Å²) < 4.78 is 10.8. The number of benzene rings is 2. The van der Waals surface area contributed by atoms with E-state index in [0.29, 0.717) is 23.1 Å². The Morgan fingerprint density at radius 3 is 2.56 bits per heavy atom. The van der Waals surface area contributed by atoms with Crippen LogP contribution in [-0.2, 0) is 11.3 Å². The summed E-state index contributed by atoms with van der Waals surface area (Å²) in [5, 5.41) is 2.94. The summed E-state index contributed by atoms with van der Waals surface area (Å²) in [6.07, 6.45) is 10.4. The van der Waals surface area contributed by atoms with E-state index in [1.807, 2.05) is 54.6 Å². The minimum atomic E-state index is -0.178. The van der Waals surface area contributed by atoms with Crippen molar-refractivity contribution >= 4 is 22.5 Å². The highest BCUT2D eigenvalue weighted by Crippen LogP contribution is 2.32. The van der Waals surface area contributed by atoms with Gasteiger partial charge in [-0.15, -0.1) is 0 Å². The zero-order chi connectivity index (χ0) is 24.9. The van der Waals surface area contributed by atoms with Crippen molar-refractivity contribution in [3.05, 3.63) is 102 Å². The van der Waals surface area contributed by atoms with Crippen LogP contribution in [0, 0.1) is 0 Å². The van der Waals surface area contributed by atoms with Gasteiger partial charge in [0.2, 0.25) is 0 Å². The first-order chi connectivity index (χ1) is 17.6. The Balaban J connectivity index is 1.52. The largest absolute Gasteiger partial charge is 0.497 e. The number of carbonyl (C=O) groups is 1. The first kappa shape index (κ1) is 23.4. The molecule has 1 aliphatic rings. The van der Waals surface area contributed by atoms with Gasteiger partial charge in [-0.25, -0.2) is 9.97 Å². The van der Waals surface area contributed by atoms with Gasteiger partial charge in [-0.1, -0.05) is 24.3 Å². The van der Waals surface area contributed by atoms with Gasteiger partial charge in [0.1, 0.15) is 5.75 Å². The second-order valence-electron chi connectivity index (χ2n) is 8.43. The van der Waals surface area contributed by atoms with Crippen LogP contribution in [0.4, 0.5) is 0 Å². The molecule has 4 aromatic rings. The first-order valence-electron chi connectivity index (χ1n) is 11.7. The molecule has 7 heteroatoms. The van der Waals surface area contributed by atoms with Gasteiger partial charge in [0.15, 0.2) is 0 Å². The Morgan fingerprint density at radius 2 is 1.86 bits per heavy atom. The molecule has 1 amide bonds. The van der Waals surface area contributed by atoms with E-state index < -0.39 is 0 Å². The second-order valence-corrected chi connectivity index (χ2v) is 8.43. The minimum Gasteiger partial charge on any atom is -0.497 e. The minimum absolute atomic E-state index is 0.0433. The number of allylic oxidation sites excluding steroid dienone is 2. The molecule has 180 valence electrons. The standard InChI is InChI=1S/C29H26N4O3/c1-35-23-10-5-20(6-11-23)27-28(21-7-12-24(36-2)13-8-21)33-26-16-22(9-14-25(26)32-27)29(34)31-18-19-4-3-15-30-17-19/h3-12,14-17,24H,13,18H2,1-2H3,(H,31,34). The summed E-state index contributed by atoms with van der Waals surface area (Å²) in [5.74, 6) is 0.596. The third-order valence-electron chi connectivity index (χ3n) is 6.10. The highest BCUT2D eigenvalue weighted by molar-refractivity contribution is 5.98. The molecule has 0 aliphatic heterocycles. The number of carbonyl (C=O) groups excluding carboxylic acids is 1. The maximum Gasteiger partial charge on any atom is 0.251 e. The van der Waals surface area contributed by atoms with Crippen LogP contribution in [0.3, 0.4) is 0 Å². The number of pyridine rings is 1. The Kier molecular flexibility index (Phi) is 6.82. The predicted molar refractivity (Wildman–Crippen MR) is 139 cm³/mol. The molecule has 0 saturated heterocycles. The van der Waals surface area contributed by atoms with Crippen LogP contribution in [0.2, 0.25) is 0 Å². The van der Waals surface area contributed by atoms with Gasteiger partial charge in [-0.05, 0) is 66.1 Å². The van der Waals surface area contributed by atoms with E-state index in [0.717, 1.165) is 40.3 Å². The molecule has 2 aromatic heterocycles. The number of methoxy groups -OCH3 is 2. The van der Waals surface area contributed by atoms with Gasteiger partial charge in [-0.3, -0.25) is 9.78 Å². The van der Waals surface area contributed by atoms with Gasteiger partial charge in [-0.2, -0.15) is 0 Å². The maximum atomic E-state index is 12.8. The Bertz CT molecular complexity index is 1450. The van der Waals surface area contributed by atoms with Crippen molar-refractivity contribution in [3.8, 4) is 17.0 Å². The summed E-state index contributed by atoms with van der Waals surface area (Å²) in [5.41, 5.74) is 6.25.